The molecule has 6 heteroatoms. The first-order chi connectivity index (χ1) is 57.4. The molecule has 542 valence electrons. The monoisotopic (exact) mass is 1480 g/mol. The summed E-state index contributed by atoms with van der Waals surface area (Å²) in [6.45, 7) is 0. The van der Waals surface area contributed by atoms with Crippen LogP contribution in [-0.2, 0) is 0 Å². The smallest absolute Gasteiger partial charge is 0.180 e. The first-order valence-electron chi connectivity index (χ1n) is 39.3. The van der Waals surface area contributed by atoms with Crippen molar-refractivity contribution < 1.29 is 8.83 Å². The Balaban J connectivity index is 0.565. The number of hydrogen-bond donors (Lipinski definition) is 0. The third-order valence-corrected chi connectivity index (χ3v) is 22.4. The van der Waals surface area contributed by atoms with Crippen LogP contribution in [0.15, 0.2) is 433 Å². The Morgan fingerprint density at radius 2 is 0.353 bits per heavy atom. The number of hydrogen-bond acceptors (Lipinski definition) is 6. The van der Waals surface area contributed by atoms with Crippen LogP contribution in [0.2, 0.25) is 0 Å². The molecule has 0 unspecified atom stereocenters. The minimum absolute atomic E-state index is 0.615. The molecule has 116 heavy (non-hydrogen) atoms. The van der Waals surface area contributed by atoms with E-state index < -0.39 is 0 Å². The Kier molecular flexibility index (Phi) is 17.5. The summed E-state index contributed by atoms with van der Waals surface area (Å²) in [6, 6.07) is 151. The van der Waals surface area contributed by atoms with E-state index in [2.05, 4.69) is 406 Å². The van der Waals surface area contributed by atoms with E-state index in [1.807, 2.05) is 18.2 Å². The van der Waals surface area contributed by atoms with Gasteiger partial charge in [-0.25, -0.2) is 19.9 Å². The second kappa shape index (κ2) is 29.6. The largest absolute Gasteiger partial charge is 0.452 e. The average molecular weight is 1480 g/mol. The van der Waals surface area contributed by atoms with E-state index in [0.717, 1.165) is 167 Å². The van der Waals surface area contributed by atoms with Crippen LogP contribution in [0.25, 0.3) is 223 Å². The van der Waals surface area contributed by atoms with Crippen LogP contribution in [-0.4, -0.2) is 19.9 Å². The topological polar surface area (TPSA) is 77.8 Å². The predicted molar refractivity (Wildman–Crippen MR) is 479 cm³/mol. The maximum Gasteiger partial charge on any atom is 0.180 e. The van der Waals surface area contributed by atoms with Crippen molar-refractivity contribution in [3.8, 4) is 179 Å². The van der Waals surface area contributed by atoms with Crippen molar-refractivity contribution in [2.75, 3.05) is 0 Å². The maximum atomic E-state index is 7.02. The quantitative estimate of drug-likeness (QED) is 0.0959. The molecule has 0 N–H and O–H groups in total. The van der Waals surface area contributed by atoms with Crippen LogP contribution < -0.4 is 0 Å². The van der Waals surface area contributed by atoms with Gasteiger partial charge in [-0.05, 0) is 206 Å². The lowest BCUT2D eigenvalue weighted by Crippen LogP contribution is -1.94. The fourth-order valence-corrected chi connectivity index (χ4v) is 16.3. The van der Waals surface area contributed by atoms with Gasteiger partial charge in [0.15, 0.2) is 22.8 Å². The molecule has 4 heterocycles. The minimum Gasteiger partial charge on any atom is -0.452 e. The summed E-state index contributed by atoms with van der Waals surface area (Å²) >= 11 is 0. The SMILES string of the molecule is c1ccc(-c2ccc(-c3ccc(-c4nc(-c5cccc(-c6cccc(-c7cccc(-c8ccccc8)c7)c6)c5)nc5c4oc4cc(-c6cccc(-c7ccc(-c8cccc(-c9cccc(-c%10nc(-c%11cccc(-c%12cccc(-c%13ccc(-c%14ccccc%14)cc%13)c%12)c%11)c%11oc%12ccccc%12c%11n%10)c9)c8)cc7)c6)ccc45)cc3)cc2)cc1. The van der Waals surface area contributed by atoms with Gasteiger partial charge < -0.3 is 8.83 Å². The molecule has 4 aromatic heterocycles. The molecule has 0 aliphatic carbocycles. The Hall–Kier alpha value is -15.5. The standard InChI is InChI=1S/C110H70N4O2/c1-4-20-71(21-5-1)74-44-46-76(47-45-74)77-56-58-81(59-57-77)103-107-106(114-109(111-103)97-40-19-38-94(69-97)90-34-16-33-89(66-90)86-30-12-26-82(62-86)73-24-8-3-9-25-73)100-61-60-95(70-102(100)116-107)91-35-15-29-85(65-91)80-54-52-79(53-55-80)84-28-14-32-88(64-84)93-37-18-41-98(68-93)110-112-104(108-105(113-110)99-42-10-11-43-101(99)115-108)96-39-17-36-92(67-96)87-31-13-27-83(63-87)78-50-48-75(49-51-78)72-22-6-2-7-23-72/h1-70H. The van der Waals surface area contributed by atoms with Gasteiger partial charge in [0.1, 0.15) is 33.6 Å². The molecule has 0 saturated heterocycles. The van der Waals surface area contributed by atoms with Crippen LogP contribution >= 0.6 is 0 Å². The van der Waals surface area contributed by atoms with Gasteiger partial charge in [0, 0.05) is 33.0 Å². The highest BCUT2D eigenvalue weighted by molar-refractivity contribution is 6.09. The highest BCUT2D eigenvalue weighted by Gasteiger charge is 2.23. The van der Waals surface area contributed by atoms with Gasteiger partial charge in [0.05, 0.1) is 0 Å². The number of fused-ring (bicyclic) bond motifs is 6. The normalized spacial score (nSPS) is 11.4. The van der Waals surface area contributed by atoms with Gasteiger partial charge in [-0.2, -0.15) is 0 Å². The van der Waals surface area contributed by atoms with E-state index in [9.17, 15) is 0 Å². The lowest BCUT2D eigenvalue weighted by Gasteiger charge is -2.11. The average Bonchev–Trinajstić information content (AvgIpc) is 1.58. The van der Waals surface area contributed by atoms with Crippen LogP contribution in [0.1, 0.15) is 0 Å². The summed E-state index contributed by atoms with van der Waals surface area (Å²) in [5.74, 6) is 1.24. The predicted octanol–water partition coefficient (Wildman–Crippen LogP) is 29.7. The number of aromatic nitrogens is 4. The lowest BCUT2D eigenvalue weighted by atomic mass is 9.95. The Morgan fingerprint density at radius 3 is 0.716 bits per heavy atom. The zero-order chi connectivity index (χ0) is 76.8. The molecule has 0 bridgehead atoms. The molecule has 0 aliphatic rings. The molecule has 6 nitrogen and oxygen atoms in total. The van der Waals surface area contributed by atoms with Crippen molar-refractivity contribution >= 4 is 44.1 Å². The van der Waals surface area contributed by atoms with E-state index >= 15 is 0 Å². The molecule has 0 saturated carbocycles. The van der Waals surface area contributed by atoms with E-state index in [-0.39, 0.29) is 0 Å². The van der Waals surface area contributed by atoms with Crippen LogP contribution in [0.5, 0.6) is 0 Å². The molecule has 0 radical (unpaired) electrons. The highest BCUT2D eigenvalue weighted by Crippen LogP contribution is 2.43. The molecule has 0 amide bonds. The number of nitrogens with zero attached hydrogens (tertiary/aromatic N) is 4. The summed E-state index contributed by atoms with van der Waals surface area (Å²) in [6.07, 6.45) is 0. The first kappa shape index (κ1) is 68.5. The minimum atomic E-state index is 0.615. The molecule has 0 atom stereocenters. The van der Waals surface area contributed by atoms with Crippen molar-refractivity contribution in [3.63, 3.8) is 0 Å². The molecule has 0 spiro atoms. The second-order valence-electron chi connectivity index (χ2n) is 29.6. The summed E-state index contributed by atoms with van der Waals surface area (Å²) in [5, 5.41) is 1.86. The van der Waals surface area contributed by atoms with Crippen LogP contribution in [0.3, 0.4) is 0 Å². The van der Waals surface area contributed by atoms with E-state index in [0.29, 0.717) is 22.8 Å². The summed E-state index contributed by atoms with van der Waals surface area (Å²) in [4.78, 5) is 21.5. The third-order valence-electron chi connectivity index (χ3n) is 22.4. The number of benzene rings is 17. The molecular weight excluding hydrogens is 1410 g/mol. The fraction of sp³-hybridized carbons (Fsp3) is 0. The Morgan fingerprint density at radius 1 is 0.138 bits per heavy atom. The molecule has 0 aliphatic heterocycles. The van der Waals surface area contributed by atoms with E-state index in [1.54, 1.807) is 0 Å². The molecule has 17 aromatic carbocycles. The number of para-hydroxylation sites is 1. The van der Waals surface area contributed by atoms with Gasteiger partial charge >= 0.3 is 0 Å². The molecule has 0 fully saturated rings. The van der Waals surface area contributed by atoms with Crippen LogP contribution in [0.4, 0.5) is 0 Å². The molecule has 21 rings (SSSR count). The van der Waals surface area contributed by atoms with Gasteiger partial charge in [-0.3, -0.25) is 0 Å². The number of furan rings is 2. The zero-order valence-electron chi connectivity index (χ0n) is 63.0. The molecule has 21 aromatic rings. The third kappa shape index (κ3) is 13.4. The summed E-state index contributed by atoms with van der Waals surface area (Å²) < 4.78 is 13.7. The molecular formula is C110H70N4O2. The summed E-state index contributed by atoms with van der Waals surface area (Å²) in [5.41, 5.74) is 36.5. The zero-order valence-corrected chi connectivity index (χ0v) is 63.0. The van der Waals surface area contributed by atoms with Crippen molar-refractivity contribution in [3.05, 3.63) is 425 Å². The van der Waals surface area contributed by atoms with Gasteiger partial charge in [0.2, 0.25) is 0 Å². The lowest BCUT2D eigenvalue weighted by molar-refractivity contribution is 0.667. The van der Waals surface area contributed by atoms with Gasteiger partial charge in [-0.1, -0.05) is 352 Å². The van der Waals surface area contributed by atoms with Crippen molar-refractivity contribution in [1.29, 1.82) is 0 Å². The Labute approximate surface area is 672 Å². The second-order valence-corrected chi connectivity index (χ2v) is 29.6. The maximum absolute atomic E-state index is 7.02. The Bertz CT molecular complexity index is 7270. The van der Waals surface area contributed by atoms with Crippen molar-refractivity contribution in [2.24, 2.45) is 0 Å². The van der Waals surface area contributed by atoms with Gasteiger partial charge in [-0.15, -0.1) is 0 Å². The van der Waals surface area contributed by atoms with E-state index in [1.165, 1.54) is 33.4 Å². The number of rotatable bonds is 16. The van der Waals surface area contributed by atoms with E-state index in [4.69, 9.17) is 28.8 Å². The summed E-state index contributed by atoms with van der Waals surface area (Å²) in [7, 11) is 0. The fourth-order valence-electron chi connectivity index (χ4n) is 16.3. The highest BCUT2D eigenvalue weighted by atomic mass is 16.3. The first-order valence-corrected chi connectivity index (χ1v) is 39.3. The van der Waals surface area contributed by atoms with Crippen molar-refractivity contribution in [1.82, 2.24) is 19.9 Å². The van der Waals surface area contributed by atoms with Crippen molar-refractivity contribution in [2.45, 2.75) is 0 Å². The van der Waals surface area contributed by atoms with Gasteiger partial charge in [0.25, 0.3) is 0 Å². The van der Waals surface area contributed by atoms with Crippen LogP contribution in [0, 0.1) is 0 Å².